The van der Waals surface area contributed by atoms with E-state index in [1.165, 1.54) is 20.2 Å². The zero-order chi connectivity index (χ0) is 37.7. The lowest BCUT2D eigenvalue weighted by molar-refractivity contribution is -0.135. The molecule has 4 rings (SSSR count). The van der Waals surface area contributed by atoms with Crippen molar-refractivity contribution in [1.29, 1.82) is 0 Å². The van der Waals surface area contributed by atoms with Crippen LogP contribution in [-0.4, -0.2) is 84.4 Å². The molecule has 1 heterocycles. The number of aliphatic imine (C=N–C) groups is 2. The van der Waals surface area contributed by atoms with Crippen molar-refractivity contribution in [3.8, 4) is 0 Å². The highest BCUT2D eigenvalue weighted by atomic mass is 16.2. The topological polar surface area (TPSA) is 236 Å². The molecule has 1 aliphatic rings. The molecule has 0 fully saturated rings. The van der Waals surface area contributed by atoms with Crippen molar-refractivity contribution in [2.75, 3.05) is 6.54 Å². The number of unbranched alkanes of at least 4 members (excludes halogenated alkanes) is 1. The maximum absolute atomic E-state index is 14.3. The van der Waals surface area contributed by atoms with Crippen LogP contribution in [0.1, 0.15) is 50.7 Å². The first kappa shape index (κ1) is 39.3. The molecule has 276 valence electrons. The van der Waals surface area contributed by atoms with Crippen LogP contribution in [-0.2, 0) is 36.8 Å². The highest BCUT2D eigenvalue weighted by Gasteiger charge is 2.34. The van der Waals surface area contributed by atoms with Gasteiger partial charge in [0.2, 0.25) is 29.5 Å². The van der Waals surface area contributed by atoms with Gasteiger partial charge in [-0.25, -0.2) is 4.99 Å². The number of hydrogen-bond acceptors (Lipinski definition) is 9. The third-order valence-corrected chi connectivity index (χ3v) is 8.68. The summed E-state index contributed by atoms with van der Waals surface area (Å²) in [5.74, 6) is -3.19. The molecule has 0 bridgehead atoms. The van der Waals surface area contributed by atoms with Crippen LogP contribution >= 0.6 is 0 Å². The molecule has 0 radical (unpaired) electrons. The van der Waals surface area contributed by atoms with Crippen LogP contribution in [0.4, 0.5) is 0 Å². The first-order chi connectivity index (χ1) is 24.8. The van der Waals surface area contributed by atoms with E-state index in [9.17, 15) is 24.0 Å². The third-order valence-electron chi connectivity index (χ3n) is 8.68. The van der Waals surface area contributed by atoms with Crippen molar-refractivity contribution in [3.05, 3.63) is 83.9 Å². The molecule has 52 heavy (non-hydrogen) atoms. The number of fused-ring (bicyclic) bond motifs is 1. The Morgan fingerprint density at radius 1 is 0.731 bits per heavy atom. The van der Waals surface area contributed by atoms with E-state index < -0.39 is 65.3 Å². The van der Waals surface area contributed by atoms with Crippen LogP contribution in [0.15, 0.2) is 82.8 Å². The van der Waals surface area contributed by atoms with Gasteiger partial charge in [0.1, 0.15) is 30.5 Å². The van der Waals surface area contributed by atoms with Gasteiger partial charge in [0.05, 0.1) is 11.6 Å². The maximum Gasteiger partial charge on any atom is 0.243 e. The number of carbonyl (C=O) groups excluding carboxylic acids is 5. The summed E-state index contributed by atoms with van der Waals surface area (Å²) in [6, 6.07) is 17.6. The predicted octanol–water partition coefficient (Wildman–Crippen LogP) is 0.787. The Kier molecular flexibility index (Phi) is 14.1. The van der Waals surface area contributed by atoms with Crippen LogP contribution < -0.4 is 38.5 Å². The average molecular weight is 712 g/mol. The summed E-state index contributed by atoms with van der Waals surface area (Å²) in [7, 11) is 0. The number of primary amides is 1. The number of amides is 5. The lowest BCUT2D eigenvalue weighted by Gasteiger charge is -2.28. The zero-order valence-electron chi connectivity index (χ0n) is 29.6. The lowest BCUT2D eigenvalue weighted by Crippen LogP contribution is -2.60. The molecule has 14 heteroatoms. The summed E-state index contributed by atoms with van der Waals surface area (Å²) >= 11 is 0. The van der Waals surface area contributed by atoms with Gasteiger partial charge in [-0.1, -0.05) is 72.8 Å². The molecule has 0 saturated carbocycles. The second kappa shape index (κ2) is 18.7. The van der Waals surface area contributed by atoms with Gasteiger partial charge >= 0.3 is 0 Å². The fourth-order valence-electron chi connectivity index (χ4n) is 5.70. The lowest BCUT2D eigenvalue weighted by atomic mass is 9.98. The molecule has 3 aromatic rings. The minimum absolute atomic E-state index is 0.0527. The van der Waals surface area contributed by atoms with Crippen LogP contribution in [0.2, 0.25) is 0 Å². The second-order valence-corrected chi connectivity index (χ2v) is 13.6. The molecule has 0 unspecified atom stereocenters. The summed E-state index contributed by atoms with van der Waals surface area (Å²) in [6.45, 7) is 3.45. The summed E-state index contributed by atoms with van der Waals surface area (Å²) < 4.78 is 0. The number of nitrogens with one attached hydrogen (secondary N) is 4. The normalized spacial score (nSPS) is 16.0. The summed E-state index contributed by atoms with van der Waals surface area (Å²) in [5.41, 5.74) is 17.5. The molecule has 0 saturated heterocycles. The Hall–Kier alpha value is -5.47. The van der Waals surface area contributed by atoms with Gasteiger partial charge in [-0.15, -0.1) is 0 Å². The van der Waals surface area contributed by atoms with Gasteiger partial charge in [-0.05, 0) is 61.6 Å². The number of nitrogens with zero attached hydrogens (tertiary/aromatic N) is 2. The quantitative estimate of drug-likeness (QED) is 0.0882. The van der Waals surface area contributed by atoms with Crippen LogP contribution in [0.3, 0.4) is 0 Å². The highest BCUT2D eigenvalue weighted by molar-refractivity contribution is 5.97. The van der Waals surface area contributed by atoms with E-state index in [2.05, 4.69) is 31.3 Å². The van der Waals surface area contributed by atoms with Gasteiger partial charge < -0.3 is 38.5 Å². The van der Waals surface area contributed by atoms with Crippen LogP contribution in [0.5, 0.6) is 0 Å². The maximum atomic E-state index is 14.3. The molecule has 0 aromatic heterocycles. The number of carbonyl (C=O) groups is 5. The molecule has 1 aliphatic heterocycles. The molecule has 10 N–H and O–H groups in total. The first-order valence-corrected chi connectivity index (χ1v) is 17.4. The Morgan fingerprint density at radius 3 is 1.92 bits per heavy atom. The van der Waals surface area contributed by atoms with E-state index in [0.717, 1.165) is 21.9 Å². The standard InChI is InChI=1S/C38H49N9O5/c1-38(2,41)37(52)47-32(21-28-22-42-23-43-28)36(51)46-31(20-25-15-16-26-12-6-7-13-27(26)18-25)35(50)45-30(19-24-10-4-3-5-11-24)34(49)44-29(33(40)48)14-8-9-17-39/h3-7,10-13,15-16,18,22-23,28-32H,8-9,14,17,19-21,39,41H2,1-2H3,(H2,40,48)(H,44,49)(H,45,50)(H,46,51)(H,47,52)/t28-,29-,30+,31+,32-/m0/s1. The Labute approximate surface area is 303 Å². The van der Waals surface area contributed by atoms with E-state index in [4.69, 9.17) is 17.2 Å². The van der Waals surface area contributed by atoms with E-state index in [1.807, 2.05) is 72.8 Å². The Balaban J connectivity index is 1.64. The summed E-state index contributed by atoms with van der Waals surface area (Å²) in [5, 5.41) is 13.0. The Morgan fingerprint density at radius 2 is 1.33 bits per heavy atom. The summed E-state index contributed by atoms with van der Waals surface area (Å²) in [4.78, 5) is 75.5. The van der Waals surface area contributed by atoms with Crippen LogP contribution in [0.25, 0.3) is 10.8 Å². The number of nitrogens with two attached hydrogens (primary N) is 3. The smallest absolute Gasteiger partial charge is 0.243 e. The highest BCUT2D eigenvalue weighted by Crippen LogP contribution is 2.18. The van der Waals surface area contributed by atoms with E-state index >= 15 is 0 Å². The van der Waals surface area contributed by atoms with Crippen molar-refractivity contribution >= 4 is 52.9 Å². The minimum atomic E-state index is -1.29. The zero-order valence-corrected chi connectivity index (χ0v) is 29.6. The third kappa shape index (κ3) is 11.8. The van der Waals surface area contributed by atoms with Crippen molar-refractivity contribution in [2.45, 2.75) is 88.1 Å². The minimum Gasteiger partial charge on any atom is -0.368 e. The van der Waals surface area contributed by atoms with Gasteiger partial charge in [0.25, 0.3) is 0 Å². The monoisotopic (exact) mass is 711 g/mol. The largest absolute Gasteiger partial charge is 0.368 e. The number of rotatable bonds is 19. The molecular formula is C38H49N9O5. The van der Waals surface area contributed by atoms with Gasteiger partial charge in [-0.2, -0.15) is 0 Å². The van der Waals surface area contributed by atoms with E-state index in [1.54, 1.807) is 6.21 Å². The second-order valence-electron chi connectivity index (χ2n) is 13.6. The SMILES string of the molecule is CC(C)(N)C(=O)N[C@@H](C[C@H]1C=NC=N1)C(=O)N[C@H](Cc1ccc2ccccc2c1)C(=O)N[C@H](Cc1ccccc1)C(=O)N[C@@H](CCCCN)C(N)=O. The molecular weight excluding hydrogens is 662 g/mol. The predicted molar refractivity (Wildman–Crippen MR) is 201 cm³/mol. The van der Waals surface area contributed by atoms with Gasteiger partial charge in [0.15, 0.2) is 0 Å². The molecule has 0 spiro atoms. The van der Waals surface area contributed by atoms with Crippen molar-refractivity contribution in [3.63, 3.8) is 0 Å². The molecule has 14 nitrogen and oxygen atoms in total. The molecule has 5 amide bonds. The number of benzene rings is 3. The van der Waals surface area contributed by atoms with Gasteiger partial charge in [-0.3, -0.25) is 29.0 Å². The van der Waals surface area contributed by atoms with Crippen molar-refractivity contribution < 1.29 is 24.0 Å². The van der Waals surface area contributed by atoms with E-state index in [0.29, 0.717) is 19.4 Å². The first-order valence-electron chi connectivity index (χ1n) is 17.4. The Bertz CT molecular complexity index is 1760. The fraction of sp³-hybridized carbons (Fsp3) is 0.395. The molecule has 3 aromatic carbocycles. The number of hydrogen-bond donors (Lipinski definition) is 7. The average Bonchev–Trinajstić information content (AvgIpc) is 3.63. The fourth-order valence-corrected chi connectivity index (χ4v) is 5.70. The molecule has 0 aliphatic carbocycles. The summed E-state index contributed by atoms with van der Waals surface area (Å²) in [6.07, 6.45) is 4.62. The van der Waals surface area contributed by atoms with Crippen LogP contribution in [0, 0.1) is 0 Å². The van der Waals surface area contributed by atoms with E-state index in [-0.39, 0.29) is 25.7 Å². The van der Waals surface area contributed by atoms with Crippen molar-refractivity contribution in [2.24, 2.45) is 27.2 Å². The van der Waals surface area contributed by atoms with Crippen molar-refractivity contribution in [1.82, 2.24) is 21.3 Å². The van der Waals surface area contributed by atoms with Gasteiger partial charge in [0, 0.05) is 25.5 Å². The molecule has 5 atom stereocenters.